The second-order valence-electron chi connectivity index (χ2n) is 17.1. The summed E-state index contributed by atoms with van der Waals surface area (Å²) in [5, 5.41) is 6.13. The summed E-state index contributed by atoms with van der Waals surface area (Å²) in [4.78, 5) is 83.4. The summed E-state index contributed by atoms with van der Waals surface area (Å²) in [6.07, 6.45) is 7.24. The Morgan fingerprint density at radius 2 is 1.58 bits per heavy atom. The number of imide groups is 2. The molecule has 1 aromatic heterocycles. The number of fused-ring (bicyclic) bond motifs is 2. The number of anilines is 1. The molecule has 15 nitrogen and oxygen atoms in total. The number of ether oxygens (including phenoxy) is 4. The lowest BCUT2D eigenvalue weighted by Crippen LogP contribution is -2.54. The Hall–Kier alpha value is -6.26. The molecule has 0 spiro atoms. The first-order valence-electron chi connectivity index (χ1n) is 22.6. The number of amides is 6. The van der Waals surface area contributed by atoms with Crippen LogP contribution in [0.25, 0.3) is 10.9 Å². The number of rotatable bonds is 17. The number of hydrogen-bond acceptors (Lipinski definition) is 11. The van der Waals surface area contributed by atoms with Gasteiger partial charge in [0.05, 0.1) is 49.5 Å². The number of likely N-dealkylation sites (tertiary alicyclic amines) is 1. The van der Waals surface area contributed by atoms with Gasteiger partial charge in [0.1, 0.15) is 36.1 Å². The van der Waals surface area contributed by atoms with Crippen LogP contribution in [-0.2, 0) is 28.7 Å². The normalized spacial score (nSPS) is 20.7. The Morgan fingerprint density at radius 1 is 0.846 bits per heavy atom. The molecule has 342 valence electrons. The molecule has 16 heteroatoms. The average molecular weight is 892 g/mol. The largest absolute Gasteiger partial charge is 0.490 e. The van der Waals surface area contributed by atoms with Crippen molar-refractivity contribution in [3.63, 3.8) is 0 Å². The Kier molecular flexibility index (Phi) is 14.4. The van der Waals surface area contributed by atoms with E-state index in [0.717, 1.165) is 47.0 Å². The van der Waals surface area contributed by atoms with Crippen molar-refractivity contribution >= 4 is 52.0 Å². The molecular weight excluding hydrogens is 838 g/mol. The number of halogens is 1. The minimum atomic E-state index is -1.06. The van der Waals surface area contributed by atoms with Gasteiger partial charge in [0.25, 0.3) is 11.8 Å². The minimum absolute atomic E-state index is 0.00642. The molecule has 0 bridgehead atoms. The molecule has 2 N–H and O–H groups in total. The summed E-state index contributed by atoms with van der Waals surface area (Å²) in [6, 6.07) is 17.8. The fourth-order valence-corrected chi connectivity index (χ4v) is 9.38. The lowest BCUT2D eigenvalue weighted by molar-refractivity contribution is -0.136. The number of pyridine rings is 1. The van der Waals surface area contributed by atoms with Crippen LogP contribution in [0.4, 0.5) is 10.1 Å². The summed E-state index contributed by atoms with van der Waals surface area (Å²) in [7, 11) is 0. The second kappa shape index (κ2) is 20.7. The summed E-state index contributed by atoms with van der Waals surface area (Å²) >= 11 is 0. The Bertz CT molecular complexity index is 2410. The van der Waals surface area contributed by atoms with Crippen LogP contribution in [0.5, 0.6) is 11.5 Å². The molecule has 8 rings (SSSR count). The molecule has 1 unspecified atom stereocenters. The van der Waals surface area contributed by atoms with Gasteiger partial charge in [-0.2, -0.15) is 0 Å². The third kappa shape index (κ3) is 10.7. The van der Waals surface area contributed by atoms with Crippen LogP contribution in [0.2, 0.25) is 0 Å². The Morgan fingerprint density at radius 3 is 2.34 bits per heavy atom. The molecule has 1 saturated carbocycles. The van der Waals surface area contributed by atoms with E-state index in [1.165, 1.54) is 12.1 Å². The van der Waals surface area contributed by atoms with Crippen molar-refractivity contribution < 1.29 is 52.1 Å². The van der Waals surface area contributed by atoms with Crippen LogP contribution < -0.4 is 20.1 Å². The van der Waals surface area contributed by atoms with Crippen LogP contribution in [0, 0.1) is 17.7 Å². The maximum Gasteiger partial charge on any atom is 0.266 e. The van der Waals surface area contributed by atoms with Crippen LogP contribution >= 0.6 is 0 Å². The number of nitrogens with zero attached hydrogens (tertiary/aromatic N) is 3. The molecule has 3 fully saturated rings. The molecule has 4 heterocycles. The number of benzene rings is 3. The van der Waals surface area contributed by atoms with Gasteiger partial charge in [-0.3, -0.25) is 44.0 Å². The second-order valence-corrected chi connectivity index (χ2v) is 17.1. The molecule has 4 aromatic rings. The zero-order valence-corrected chi connectivity index (χ0v) is 36.4. The van der Waals surface area contributed by atoms with E-state index in [4.69, 9.17) is 18.9 Å². The first kappa shape index (κ1) is 45.3. The molecule has 65 heavy (non-hydrogen) atoms. The van der Waals surface area contributed by atoms with Crippen molar-refractivity contribution in [2.75, 3.05) is 51.4 Å². The van der Waals surface area contributed by atoms with Gasteiger partial charge < -0.3 is 29.2 Å². The van der Waals surface area contributed by atoms with Gasteiger partial charge in [0.2, 0.25) is 23.6 Å². The van der Waals surface area contributed by atoms with E-state index >= 15 is 0 Å². The van der Waals surface area contributed by atoms with Gasteiger partial charge in [0, 0.05) is 55.5 Å². The third-order valence-electron chi connectivity index (χ3n) is 13.0. The lowest BCUT2D eigenvalue weighted by Gasteiger charge is -2.32. The quantitative estimate of drug-likeness (QED) is 0.0911. The average Bonchev–Trinajstić information content (AvgIpc) is 3.57. The van der Waals surface area contributed by atoms with Gasteiger partial charge in [-0.15, -0.1) is 0 Å². The third-order valence-corrected chi connectivity index (χ3v) is 13.0. The molecule has 3 aromatic carbocycles. The summed E-state index contributed by atoms with van der Waals surface area (Å²) in [5.41, 5.74) is 2.87. The number of aromatic nitrogens is 1. The Balaban J connectivity index is 0.673. The lowest BCUT2D eigenvalue weighted by atomic mass is 9.73. The smallest absolute Gasteiger partial charge is 0.266 e. The van der Waals surface area contributed by atoms with Gasteiger partial charge in [-0.1, -0.05) is 13.0 Å². The molecular formula is C49H54FN5O10. The fourth-order valence-electron chi connectivity index (χ4n) is 9.38. The SMILES string of the molecule is C[C@@H](C(=O)Nc1ccc(OC2CCN(C(=O)CCOCCOCCOc3cccc4c3C(=O)N(C3CCC(=O)NC3=O)C4=O)CC2)cc1)[C@H]1CC[C@@H](c2ccnc3ccc(F)cc32)CC1. The predicted molar refractivity (Wildman–Crippen MR) is 236 cm³/mol. The monoisotopic (exact) mass is 891 g/mol. The van der Waals surface area contributed by atoms with Gasteiger partial charge in [-0.05, 0) is 110 Å². The predicted octanol–water partition coefficient (Wildman–Crippen LogP) is 6.20. The highest BCUT2D eigenvalue weighted by molar-refractivity contribution is 6.24. The minimum Gasteiger partial charge on any atom is -0.490 e. The number of hydrogen-bond donors (Lipinski definition) is 2. The van der Waals surface area contributed by atoms with Crippen LogP contribution in [0.15, 0.2) is 72.9 Å². The molecule has 1 aliphatic carbocycles. The van der Waals surface area contributed by atoms with E-state index < -0.39 is 29.7 Å². The number of piperidine rings is 2. The maximum absolute atomic E-state index is 14.0. The molecule has 2 atom stereocenters. The van der Waals surface area contributed by atoms with Crippen LogP contribution in [-0.4, -0.2) is 108 Å². The van der Waals surface area contributed by atoms with E-state index in [2.05, 4.69) is 15.6 Å². The van der Waals surface area contributed by atoms with Crippen molar-refractivity contribution in [3.8, 4) is 11.5 Å². The fraction of sp³-hybridized carbons (Fsp3) is 0.449. The molecule has 0 radical (unpaired) electrons. The van der Waals surface area contributed by atoms with Gasteiger partial charge >= 0.3 is 0 Å². The first-order chi connectivity index (χ1) is 31.5. The highest BCUT2D eigenvalue weighted by Crippen LogP contribution is 2.41. The van der Waals surface area contributed by atoms with Crippen molar-refractivity contribution in [1.29, 1.82) is 0 Å². The number of carbonyl (C=O) groups is 6. The summed E-state index contributed by atoms with van der Waals surface area (Å²) < 4.78 is 37.3. The first-order valence-corrected chi connectivity index (χ1v) is 22.6. The van der Waals surface area contributed by atoms with Crippen molar-refractivity contribution in [2.45, 2.75) is 82.8 Å². The van der Waals surface area contributed by atoms with Gasteiger partial charge in [-0.25, -0.2) is 4.39 Å². The number of carbonyl (C=O) groups excluding carboxylic acids is 6. The van der Waals surface area contributed by atoms with E-state index in [1.807, 2.05) is 42.2 Å². The highest BCUT2D eigenvalue weighted by atomic mass is 19.1. The van der Waals surface area contributed by atoms with Crippen molar-refractivity contribution in [1.82, 2.24) is 20.1 Å². The maximum atomic E-state index is 14.0. The van der Waals surface area contributed by atoms with Crippen molar-refractivity contribution in [3.05, 3.63) is 95.4 Å². The van der Waals surface area contributed by atoms with E-state index in [-0.39, 0.29) is 105 Å². The van der Waals surface area contributed by atoms with Crippen LogP contribution in [0.3, 0.4) is 0 Å². The van der Waals surface area contributed by atoms with E-state index in [0.29, 0.717) is 43.3 Å². The number of nitrogens with one attached hydrogen (secondary N) is 2. The van der Waals surface area contributed by atoms with E-state index in [9.17, 15) is 33.2 Å². The Labute approximate surface area is 376 Å². The van der Waals surface area contributed by atoms with Crippen LogP contribution in [0.1, 0.15) is 96.9 Å². The summed E-state index contributed by atoms with van der Waals surface area (Å²) in [5.74, 6) is -1.27. The molecule has 3 aliphatic heterocycles. The highest BCUT2D eigenvalue weighted by Gasteiger charge is 2.46. The summed E-state index contributed by atoms with van der Waals surface area (Å²) in [6.45, 7) is 4.22. The molecule has 6 amide bonds. The van der Waals surface area contributed by atoms with E-state index in [1.54, 1.807) is 30.5 Å². The molecule has 2 saturated heterocycles. The van der Waals surface area contributed by atoms with Gasteiger partial charge in [0.15, 0.2) is 0 Å². The van der Waals surface area contributed by atoms with Crippen molar-refractivity contribution in [2.24, 2.45) is 11.8 Å². The zero-order chi connectivity index (χ0) is 45.5. The topological polar surface area (TPSA) is 183 Å². The standard InChI is InChI=1S/C49H54FN5O10/c1-30(31-5-7-32(8-6-31)37-17-21-51-40-14-9-33(50)29-39(37)40)46(58)52-34-10-12-35(13-11-34)65-36-18-22-54(23-19-36)44(57)20-24-62-25-26-63-27-28-64-42-4-2-3-38-45(42)49(61)55(48(38)60)41-15-16-43(56)53-47(41)59/h2-4,9-14,17,21,29-32,36,41H,5-8,15-16,18-20,22-28H2,1H3,(H,52,58)(H,53,56,59)/t30-,31-,32+,41?/m1/s1. The molecule has 4 aliphatic rings. The zero-order valence-electron chi connectivity index (χ0n) is 36.4.